The van der Waals surface area contributed by atoms with Crippen LogP contribution in [0, 0.1) is 5.82 Å². The molecule has 126 valence electrons. The molecule has 0 atom stereocenters. The van der Waals surface area contributed by atoms with Gasteiger partial charge in [-0.2, -0.15) is 0 Å². The number of nitrogens with one attached hydrogen (secondary N) is 1. The number of amides is 1. The van der Waals surface area contributed by atoms with Crippen LogP contribution in [0.5, 0.6) is 0 Å². The summed E-state index contributed by atoms with van der Waals surface area (Å²) in [4.78, 5) is 23.6. The molecule has 1 N–H and O–H groups in total. The number of pyridine rings is 1. The van der Waals surface area contributed by atoms with Crippen LogP contribution >= 0.6 is 0 Å². The molecular formula is C20H17FN2O2. The molecular weight excluding hydrogens is 319 g/mol. The van der Waals surface area contributed by atoms with Gasteiger partial charge in [-0.05, 0) is 47.9 Å². The molecule has 0 aliphatic rings. The molecule has 2 aromatic carbocycles. The van der Waals surface area contributed by atoms with E-state index in [4.69, 9.17) is 0 Å². The third kappa shape index (κ3) is 4.20. The van der Waals surface area contributed by atoms with Gasteiger partial charge in [0.05, 0.1) is 5.56 Å². The van der Waals surface area contributed by atoms with Crippen molar-refractivity contribution in [3.05, 3.63) is 99.7 Å². The number of rotatable bonds is 4. The number of carbonyl (C=O) groups excluding carboxylic acids is 1. The zero-order valence-electron chi connectivity index (χ0n) is 13.7. The van der Waals surface area contributed by atoms with E-state index in [2.05, 4.69) is 5.32 Å². The topological polar surface area (TPSA) is 51.1 Å². The van der Waals surface area contributed by atoms with Gasteiger partial charge in [0, 0.05) is 25.0 Å². The Hall–Kier alpha value is -3.21. The first-order valence-electron chi connectivity index (χ1n) is 7.83. The summed E-state index contributed by atoms with van der Waals surface area (Å²) in [6.07, 6.45) is 2.11. The highest BCUT2D eigenvalue weighted by Gasteiger charge is 2.07. The van der Waals surface area contributed by atoms with Crippen molar-refractivity contribution in [1.82, 2.24) is 4.57 Å². The fourth-order valence-corrected chi connectivity index (χ4v) is 2.52. The second kappa shape index (κ2) is 7.13. The third-order valence-electron chi connectivity index (χ3n) is 3.86. The Kier molecular flexibility index (Phi) is 4.75. The molecule has 0 fully saturated rings. The summed E-state index contributed by atoms with van der Waals surface area (Å²) in [5.74, 6) is -0.535. The molecule has 3 rings (SSSR count). The second-order valence-corrected chi connectivity index (χ2v) is 5.82. The van der Waals surface area contributed by atoms with Crippen LogP contribution in [0.4, 0.5) is 10.1 Å². The number of nitrogens with zero attached hydrogens (tertiary/aromatic N) is 1. The Morgan fingerprint density at radius 1 is 1.04 bits per heavy atom. The molecule has 0 bridgehead atoms. The Balaban J connectivity index is 1.68. The number of hydrogen-bond acceptors (Lipinski definition) is 2. The van der Waals surface area contributed by atoms with Crippen LogP contribution in [0.15, 0.2) is 71.7 Å². The maximum absolute atomic E-state index is 13.2. The molecule has 5 heteroatoms. The normalized spacial score (nSPS) is 10.5. The van der Waals surface area contributed by atoms with Gasteiger partial charge in [-0.3, -0.25) is 9.59 Å². The van der Waals surface area contributed by atoms with Crippen LogP contribution in [0.2, 0.25) is 0 Å². The van der Waals surface area contributed by atoms with E-state index in [9.17, 15) is 14.0 Å². The summed E-state index contributed by atoms with van der Waals surface area (Å²) in [5, 5.41) is 2.79. The van der Waals surface area contributed by atoms with E-state index in [1.807, 2.05) is 18.2 Å². The first-order chi connectivity index (χ1) is 12.0. The van der Waals surface area contributed by atoms with Crippen LogP contribution in [0.1, 0.15) is 21.5 Å². The van der Waals surface area contributed by atoms with E-state index in [0.717, 1.165) is 11.1 Å². The highest BCUT2D eigenvalue weighted by Crippen LogP contribution is 2.15. The average molecular weight is 336 g/mol. The summed E-state index contributed by atoms with van der Waals surface area (Å²) in [5.41, 5.74) is 2.80. The first-order valence-corrected chi connectivity index (χ1v) is 7.83. The molecule has 1 heterocycles. The van der Waals surface area contributed by atoms with E-state index in [-0.39, 0.29) is 17.3 Å². The van der Waals surface area contributed by atoms with Crippen molar-refractivity contribution in [1.29, 1.82) is 0 Å². The van der Waals surface area contributed by atoms with Gasteiger partial charge in [-0.25, -0.2) is 4.39 Å². The molecule has 1 aromatic heterocycles. The number of anilines is 1. The highest BCUT2D eigenvalue weighted by atomic mass is 19.1. The van der Waals surface area contributed by atoms with Crippen LogP contribution in [0.25, 0.3) is 0 Å². The molecule has 1 amide bonds. The Morgan fingerprint density at radius 3 is 2.48 bits per heavy atom. The van der Waals surface area contributed by atoms with Crippen molar-refractivity contribution >= 4 is 11.6 Å². The van der Waals surface area contributed by atoms with E-state index in [1.54, 1.807) is 25.2 Å². The van der Waals surface area contributed by atoms with Gasteiger partial charge in [-0.15, -0.1) is 0 Å². The van der Waals surface area contributed by atoms with Gasteiger partial charge in [0.15, 0.2) is 0 Å². The van der Waals surface area contributed by atoms with Crippen molar-refractivity contribution in [2.75, 3.05) is 5.32 Å². The monoisotopic (exact) mass is 336 g/mol. The molecule has 0 saturated heterocycles. The molecule has 3 aromatic rings. The van der Waals surface area contributed by atoms with Crippen molar-refractivity contribution in [2.45, 2.75) is 6.42 Å². The Bertz CT molecular complexity index is 962. The fourth-order valence-electron chi connectivity index (χ4n) is 2.52. The number of halogens is 1. The minimum atomic E-state index is -0.284. The molecule has 25 heavy (non-hydrogen) atoms. The van der Waals surface area contributed by atoms with Gasteiger partial charge in [0.2, 0.25) is 5.56 Å². The number of carbonyl (C=O) groups is 1. The van der Waals surface area contributed by atoms with E-state index >= 15 is 0 Å². The fraction of sp³-hybridized carbons (Fsp3) is 0.100. The minimum Gasteiger partial charge on any atom is -0.322 e. The first kappa shape index (κ1) is 16.6. The third-order valence-corrected chi connectivity index (χ3v) is 3.86. The van der Waals surface area contributed by atoms with Crippen molar-refractivity contribution in [3.63, 3.8) is 0 Å². The summed E-state index contributed by atoms with van der Waals surface area (Å²) >= 11 is 0. The predicted molar refractivity (Wildman–Crippen MR) is 95.3 cm³/mol. The van der Waals surface area contributed by atoms with Gasteiger partial charge >= 0.3 is 0 Å². The number of aryl methyl sites for hydroxylation is 1. The van der Waals surface area contributed by atoms with E-state index in [0.29, 0.717) is 17.7 Å². The number of aromatic nitrogens is 1. The lowest BCUT2D eigenvalue weighted by Gasteiger charge is -2.08. The minimum absolute atomic E-state index is 0.168. The average Bonchev–Trinajstić information content (AvgIpc) is 2.59. The lowest BCUT2D eigenvalue weighted by atomic mass is 10.0. The zero-order valence-corrected chi connectivity index (χ0v) is 13.7. The van der Waals surface area contributed by atoms with Crippen LogP contribution in [-0.4, -0.2) is 10.5 Å². The van der Waals surface area contributed by atoms with Gasteiger partial charge in [0.1, 0.15) is 5.82 Å². The van der Waals surface area contributed by atoms with Crippen molar-refractivity contribution < 1.29 is 9.18 Å². The molecule has 4 nitrogen and oxygen atoms in total. The molecule has 0 spiro atoms. The SMILES string of the molecule is Cn1cc(C(=O)Nc2ccc(Cc3cccc(F)c3)cc2)ccc1=O. The lowest BCUT2D eigenvalue weighted by molar-refractivity contribution is 0.102. The van der Waals surface area contributed by atoms with Crippen molar-refractivity contribution in [3.8, 4) is 0 Å². The largest absolute Gasteiger partial charge is 0.322 e. The summed E-state index contributed by atoms with van der Waals surface area (Å²) in [6, 6.07) is 16.7. The molecule has 0 unspecified atom stereocenters. The summed E-state index contributed by atoms with van der Waals surface area (Å²) < 4.78 is 14.6. The smallest absolute Gasteiger partial charge is 0.257 e. The highest BCUT2D eigenvalue weighted by molar-refractivity contribution is 6.04. The summed E-state index contributed by atoms with van der Waals surface area (Å²) in [7, 11) is 1.60. The quantitative estimate of drug-likeness (QED) is 0.794. The maximum atomic E-state index is 13.2. The molecule has 0 saturated carbocycles. The predicted octanol–water partition coefficient (Wildman–Crippen LogP) is 3.37. The molecule has 0 radical (unpaired) electrons. The molecule has 0 aliphatic carbocycles. The van der Waals surface area contributed by atoms with E-state index in [1.165, 1.54) is 35.0 Å². The summed E-state index contributed by atoms with van der Waals surface area (Å²) in [6.45, 7) is 0. The van der Waals surface area contributed by atoms with E-state index < -0.39 is 0 Å². The lowest BCUT2D eigenvalue weighted by Crippen LogP contribution is -2.19. The van der Waals surface area contributed by atoms with Gasteiger partial charge < -0.3 is 9.88 Å². The van der Waals surface area contributed by atoms with Crippen LogP contribution in [0.3, 0.4) is 0 Å². The molecule has 0 aliphatic heterocycles. The number of hydrogen-bond donors (Lipinski definition) is 1. The van der Waals surface area contributed by atoms with Gasteiger partial charge in [-0.1, -0.05) is 24.3 Å². The van der Waals surface area contributed by atoms with Crippen LogP contribution < -0.4 is 10.9 Å². The number of benzene rings is 2. The maximum Gasteiger partial charge on any atom is 0.257 e. The zero-order chi connectivity index (χ0) is 17.8. The van der Waals surface area contributed by atoms with Crippen molar-refractivity contribution in [2.24, 2.45) is 7.05 Å². The van der Waals surface area contributed by atoms with Crippen LogP contribution in [-0.2, 0) is 13.5 Å². The Morgan fingerprint density at radius 2 is 1.80 bits per heavy atom. The van der Waals surface area contributed by atoms with Gasteiger partial charge in [0.25, 0.3) is 5.91 Å². The standard InChI is InChI=1S/C20H17FN2O2/c1-23-13-16(7-10-19(23)24)20(25)22-18-8-5-14(6-9-18)11-15-3-2-4-17(21)12-15/h2-10,12-13H,11H2,1H3,(H,22,25). The second-order valence-electron chi connectivity index (χ2n) is 5.82. The Labute approximate surface area is 144 Å².